The minimum atomic E-state index is -0.420. The fourth-order valence-corrected chi connectivity index (χ4v) is 1.25. The third-order valence-corrected chi connectivity index (χ3v) is 2.27. The normalized spacial score (nSPS) is 8.74. The molecule has 1 aromatic rings. The summed E-state index contributed by atoms with van der Waals surface area (Å²) in [5, 5.41) is 0. The van der Waals surface area contributed by atoms with Crippen LogP contribution in [0.4, 0.5) is 0 Å². The lowest BCUT2D eigenvalue weighted by molar-refractivity contribution is 0.0498. The summed E-state index contributed by atoms with van der Waals surface area (Å²) in [5.41, 5.74) is 0.853. The van der Waals surface area contributed by atoms with Crippen molar-refractivity contribution in [1.82, 2.24) is 0 Å². The molecule has 0 aliphatic carbocycles. The van der Waals surface area contributed by atoms with Gasteiger partial charge < -0.3 is 9.47 Å². The smallest absolute Gasteiger partial charge is 0.338 e. The van der Waals surface area contributed by atoms with E-state index >= 15 is 0 Å². The molecular weight excluding hydrogens is 244 g/mol. The molecule has 0 N–H and O–H groups in total. The molecule has 4 nitrogen and oxygen atoms in total. The van der Waals surface area contributed by atoms with Gasteiger partial charge in [0.15, 0.2) is 0 Å². The van der Waals surface area contributed by atoms with Crippen LogP contribution in [-0.4, -0.2) is 25.7 Å². The number of methoxy groups -OCH3 is 1. The summed E-state index contributed by atoms with van der Waals surface area (Å²) in [6, 6.07) is 6.20. The summed E-state index contributed by atoms with van der Waals surface area (Å²) in [5.74, 6) is -0.786. The number of carbonyl (C=O) groups excluding carboxylic acids is 2. The molecule has 0 radical (unpaired) electrons. The Balaban J connectivity index is 0. The summed E-state index contributed by atoms with van der Waals surface area (Å²) >= 11 is 0. The highest BCUT2D eigenvalue weighted by Crippen LogP contribution is 2.07. The van der Waals surface area contributed by atoms with Crippen molar-refractivity contribution in [1.29, 1.82) is 0 Å². The molecule has 0 saturated heterocycles. The van der Waals surface area contributed by atoms with E-state index < -0.39 is 5.97 Å². The van der Waals surface area contributed by atoms with Gasteiger partial charge in [0.1, 0.15) is 0 Å². The summed E-state index contributed by atoms with van der Waals surface area (Å²) in [6.45, 7) is 2.45. The number of ether oxygens (including phenoxy) is 2. The van der Waals surface area contributed by atoms with E-state index in [9.17, 15) is 9.59 Å². The maximum absolute atomic E-state index is 11.5. The van der Waals surface area contributed by atoms with Crippen molar-refractivity contribution in [3.63, 3.8) is 0 Å². The lowest BCUT2D eigenvalue weighted by atomic mass is 10.1. The van der Waals surface area contributed by atoms with Crippen LogP contribution in [0.25, 0.3) is 0 Å². The summed E-state index contributed by atoms with van der Waals surface area (Å²) in [6.07, 6.45) is 1.83. The van der Waals surface area contributed by atoms with Gasteiger partial charge in [0.25, 0.3) is 0 Å². The zero-order valence-corrected chi connectivity index (χ0v) is 10.1. The molecule has 0 fully saturated rings. The van der Waals surface area contributed by atoms with Crippen LogP contribution in [0.15, 0.2) is 24.3 Å². The standard InChI is InChI=1S/C13H16O4.2CH4/c1-3-4-9-17-13(15)11-7-5-10(6-8-11)12(14)16-2;;/h5-8H,3-4,9H2,1-2H3;2*1H4. The number of hydrogen-bond donors (Lipinski definition) is 0. The van der Waals surface area contributed by atoms with E-state index in [2.05, 4.69) is 4.74 Å². The van der Waals surface area contributed by atoms with Gasteiger partial charge in [-0.3, -0.25) is 0 Å². The fraction of sp³-hybridized carbons (Fsp3) is 0.467. The molecule has 0 atom stereocenters. The Labute approximate surface area is 115 Å². The van der Waals surface area contributed by atoms with Gasteiger partial charge in [0.05, 0.1) is 24.8 Å². The zero-order chi connectivity index (χ0) is 12.7. The average molecular weight is 268 g/mol. The third-order valence-electron chi connectivity index (χ3n) is 2.27. The second kappa shape index (κ2) is 10.1. The largest absolute Gasteiger partial charge is 0.465 e. The van der Waals surface area contributed by atoms with Crippen molar-refractivity contribution in [3.05, 3.63) is 35.4 Å². The Hall–Kier alpha value is -1.84. The molecule has 19 heavy (non-hydrogen) atoms. The van der Waals surface area contributed by atoms with Gasteiger partial charge in [-0.25, -0.2) is 9.59 Å². The molecule has 0 unspecified atom stereocenters. The Kier molecular flexibility index (Phi) is 10.4. The molecule has 0 aliphatic rings. The van der Waals surface area contributed by atoms with Crippen molar-refractivity contribution < 1.29 is 19.1 Å². The van der Waals surface area contributed by atoms with Gasteiger partial charge in [-0.15, -0.1) is 0 Å². The predicted octanol–water partition coefficient (Wildman–Crippen LogP) is 3.70. The second-order valence-corrected chi connectivity index (χ2v) is 3.56. The van der Waals surface area contributed by atoms with Gasteiger partial charge >= 0.3 is 11.9 Å². The van der Waals surface area contributed by atoms with E-state index in [1.807, 2.05) is 6.92 Å². The van der Waals surface area contributed by atoms with Crippen LogP contribution in [0.5, 0.6) is 0 Å². The Morgan fingerprint density at radius 3 is 1.89 bits per heavy atom. The van der Waals surface area contributed by atoms with Gasteiger partial charge in [0, 0.05) is 0 Å². The van der Waals surface area contributed by atoms with E-state index in [0.29, 0.717) is 17.7 Å². The molecular formula is C15H24O4. The predicted molar refractivity (Wildman–Crippen MR) is 76.4 cm³/mol. The maximum Gasteiger partial charge on any atom is 0.338 e. The van der Waals surface area contributed by atoms with Gasteiger partial charge in [-0.2, -0.15) is 0 Å². The van der Waals surface area contributed by atoms with Gasteiger partial charge in [0.2, 0.25) is 0 Å². The SMILES string of the molecule is C.C.CCCCOC(=O)c1ccc(C(=O)OC)cc1. The van der Waals surface area contributed by atoms with Crippen molar-refractivity contribution in [2.75, 3.05) is 13.7 Å². The molecule has 1 aromatic carbocycles. The van der Waals surface area contributed by atoms with Gasteiger partial charge in [-0.1, -0.05) is 28.2 Å². The minimum Gasteiger partial charge on any atom is -0.465 e. The lowest BCUT2D eigenvalue weighted by Crippen LogP contribution is -2.07. The van der Waals surface area contributed by atoms with Crippen molar-refractivity contribution in [2.45, 2.75) is 34.6 Å². The number of benzene rings is 1. The summed E-state index contributed by atoms with van der Waals surface area (Å²) < 4.78 is 9.60. The molecule has 108 valence electrons. The Bertz CT molecular complexity index is 382. The molecule has 4 heteroatoms. The quantitative estimate of drug-likeness (QED) is 0.603. The lowest BCUT2D eigenvalue weighted by Gasteiger charge is -2.04. The maximum atomic E-state index is 11.5. The first-order valence-electron chi connectivity index (χ1n) is 5.54. The minimum absolute atomic E-state index is 0. The fourth-order valence-electron chi connectivity index (χ4n) is 1.25. The third kappa shape index (κ3) is 6.04. The molecule has 0 aliphatic heterocycles. The number of hydrogen-bond acceptors (Lipinski definition) is 4. The van der Waals surface area contributed by atoms with Crippen molar-refractivity contribution in [3.8, 4) is 0 Å². The first-order valence-corrected chi connectivity index (χ1v) is 5.54. The zero-order valence-electron chi connectivity index (χ0n) is 10.1. The molecule has 0 heterocycles. The van der Waals surface area contributed by atoms with Crippen molar-refractivity contribution in [2.24, 2.45) is 0 Å². The van der Waals surface area contributed by atoms with Crippen LogP contribution < -0.4 is 0 Å². The molecule has 0 aromatic heterocycles. The average Bonchev–Trinajstić information content (AvgIpc) is 2.38. The van der Waals surface area contributed by atoms with E-state index in [0.717, 1.165) is 12.8 Å². The van der Waals surface area contributed by atoms with E-state index in [-0.39, 0.29) is 20.8 Å². The molecule has 1 rings (SSSR count). The first kappa shape index (κ1) is 19.5. The number of rotatable bonds is 5. The van der Waals surface area contributed by atoms with Crippen LogP contribution in [0, 0.1) is 0 Å². The molecule has 0 spiro atoms. The van der Waals surface area contributed by atoms with Gasteiger partial charge in [-0.05, 0) is 30.7 Å². The van der Waals surface area contributed by atoms with Crippen LogP contribution in [0.2, 0.25) is 0 Å². The van der Waals surface area contributed by atoms with E-state index in [4.69, 9.17) is 4.74 Å². The Morgan fingerprint density at radius 1 is 1.00 bits per heavy atom. The van der Waals surface area contributed by atoms with Crippen LogP contribution >= 0.6 is 0 Å². The van der Waals surface area contributed by atoms with Crippen molar-refractivity contribution >= 4 is 11.9 Å². The number of unbranched alkanes of at least 4 members (excludes halogenated alkanes) is 1. The Morgan fingerprint density at radius 2 is 1.47 bits per heavy atom. The molecule has 0 amide bonds. The molecule has 0 saturated carbocycles. The van der Waals surface area contributed by atoms with E-state index in [1.165, 1.54) is 7.11 Å². The number of esters is 2. The van der Waals surface area contributed by atoms with Crippen LogP contribution in [-0.2, 0) is 9.47 Å². The first-order chi connectivity index (χ1) is 8.19. The topological polar surface area (TPSA) is 52.6 Å². The highest BCUT2D eigenvalue weighted by molar-refractivity contribution is 5.93. The van der Waals surface area contributed by atoms with Crippen LogP contribution in [0.3, 0.4) is 0 Å². The number of carbonyl (C=O) groups is 2. The highest BCUT2D eigenvalue weighted by atomic mass is 16.5. The summed E-state index contributed by atoms with van der Waals surface area (Å²) in [4.78, 5) is 22.7. The highest BCUT2D eigenvalue weighted by Gasteiger charge is 2.09. The summed E-state index contributed by atoms with van der Waals surface area (Å²) in [7, 11) is 1.31. The monoisotopic (exact) mass is 268 g/mol. The van der Waals surface area contributed by atoms with Crippen LogP contribution in [0.1, 0.15) is 55.3 Å². The molecule has 0 bridgehead atoms. The van der Waals surface area contributed by atoms with E-state index in [1.54, 1.807) is 24.3 Å². The second-order valence-electron chi connectivity index (χ2n) is 3.56.